The van der Waals surface area contributed by atoms with Crippen LogP contribution in [0.2, 0.25) is 0 Å². The molecule has 0 aromatic carbocycles. The van der Waals surface area contributed by atoms with Crippen LogP contribution in [0.15, 0.2) is 0 Å². The fourth-order valence-electron chi connectivity index (χ4n) is 0.167. The van der Waals surface area contributed by atoms with Crippen molar-refractivity contribution < 1.29 is 10.9 Å². The molecule has 0 unspecified atom stereocenters. The Morgan fingerprint density at radius 3 is 0.848 bits per heavy atom. The normalized spacial score (nSPS) is 9.55. The first kappa shape index (κ1) is 53.9. The Hall–Kier alpha value is -0.200. The van der Waals surface area contributed by atoms with Crippen LogP contribution in [0.1, 0.15) is 110 Å². The lowest BCUT2D eigenvalue weighted by Crippen LogP contribution is -2.01. The van der Waals surface area contributed by atoms with Crippen LogP contribution in [0, 0.1) is 11.8 Å². The number of ether oxygens (including phenoxy) is 2. The van der Waals surface area contributed by atoms with Crippen LogP contribution in [-0.4, -0.2) is 69.2 Å². The number of rotatable bonds is 4. The molecule has 0 spiro atoms. The van der Waals surface area contributed by atoms with Gasteiger partial charge in [-0.2, -0.15) is 0 Å². The molecule has 0 atom stereocenters. The maximum Gasteiger partial charge on any atom is 0.0433 e. The number of methoxy groups -OCH3 is 2. The van der Waals surface area contributed by atoms with Crippen LogP contribution < -0.4 is 16.0 Å². The summed E-state index contributed by atoms with van der Waals surface area (Å²) in [4.78, 5) is 0. The van der Waals surface area contributed by atoms with E-state index in [2.05, 4.69) is 94.7 Å². The molecule has 0 aromatic rings. The lowest BCUT2D eigenvalue weighted by molar-refractivity contribution is 0.215. The molecule has 0 aliphatic heterocycles. The fraction of sp³-hybridized carbons (Fsp3) is 1.00. The number of unbranched alkanes of at least 4 members (excludes halogenated alkanes) is 1. The molecule has 0 radical (unpaired) electrons. The number of hydrogen-bond donors (Lipinski definition) is 3. The summed E-state index contributed by atoms with van der Waals surface area (Å²) in [6.45, 7) is 26.4. The molecule has 1 aliphatic rings. The summed E-state index contributed by atoms with van der Waals surface area (Å²) in [5.41, 5.74) is 0. The molecule has 0 saturated heterocycles. The van der Waals surface area contributed by atoms with Gasteiger partial charge in [0, 0.05) is 29.4 Å². The molecule has 0 heterocycles. The van der Waals surface area contributed by atoms with Crippen molar-refractivity contribution in [2.24, 2.45) is 11.8 Å². The van der Waals surface area contributed by atoms with Crippen molar-refractivity contribution in [1.29, 1.82) is 0 Å². The zero-order chi connectivity index (χ0) is 28.3. The van der Waals surface area contributed by atoms with E-state index in [-0.39, 0.29) is 1.43 Å². The predicted molar refractivity (Wildman–Crippen MR) is 162 cm³/mol. The third kappa shape index (κ3) is 611. The molecular weight excluding hydrogens is 410 g/mol. The Morgan fingerprint density at radius 2 is 0.848 bits per heavy atom. The summed E-state index contributed by atoms with van der Waals surface area (Å²) in [5.74, 6) is 1.92. The molecule has 5 nitrogen and oxygen atoms in total. The van der Waals surface area contributed by atoms with E-state index in [1.807, 2.05) is 35.1 Å². The van der Waals surface area contributed by atoms with Crippen molar-refractivity contribution in [3.63, 3.8) is 0 Å². The van der Waals surface area contributed by atoms with Gasteiger partial charge in [0.15, 0.2) is 0 Å². The van der Waals surface area contributed by atoms with Crippen LogP contribution in [-0.2, 0) is 9.47 Å². The van der Waals surface area contributed by atoms with Gasteiger partial charge in [-0.3, -0.25) is 0 Å². The topological polar surface area (TPSA) is 54.5 Å². The second-order valence-electron chi connectivity index (χ2n) is 8.02. The highest BCUT2D eigenvalue weighted by molar-refractivity contribution is 4.65. The summed E-state index contributed by atoms with van der Waals surface area (Å²) in [5, 5.41) is 8.61. The Balaban J connectivity index is -0.0000000295. The summed E-state index contributed by atoms with van der Waals surface area (Å²) >= 11 is 0. The van der Waals surface area contributed by atoms with E-state index >= 15 is 0 Å². The average molecular weight is 488 g/mol. The van der Waals surface area contributed by atoms with Gasteiger partial charge in [0.05, 0.1) is 0 Å². The van der Waals surface area contributed by atoms with Gasteiger partial charge in [0.2, 0.25) is 0 Å². The molecule has 5 heteroatoms. The average Bonchev–Trinajstić information content (AvgIpc) is 3.57. The largest absolute Gasteiger partial charge is 0.388 e. The van der Waals surface area contributed by atoms with Crippen LogP contribution >= 0.6 is 0 Å². The summed E-state index contributed by atoms with van der Waals surface area (Å²) in [6.07, 6.45) is 6.86. The van der Waals surface area contributed by atoms with Gasteiger partial charge in [0.25, 0.3) is 0 Å². The Bertz CT molecular complexity index is 156. The maximum atomic E-state index is 4.54. The highest BCUT2D eigenvalue weighted by Crippen LogP contribution is 2.26. The lowest BCUT2D eigenvalue weighted by Gasteiger charge is -1.79. The van der Waals surface area contributed by atoms with Gasteiger partial charge < -0.3 is 25.4 Å². The SMILES string of the molecule is CC(C)C.CC1CC1.CCC.CCCC.CCNC.CCNC.CCOC.CNC.COC.[HH]. The van der Waals surface area contributed by atoms with E-state index in [4.69, 9.17) is 0 Å². The molecule has 1 aliphatic carbocycles. The van der Waals surface area contributed by atoms with Gasteiger partial charge in [-0.05, 0) is 60.0 Å². The zero-order valence-electron chi connectivity index (χ0n) is 27.1. The highest BCUT2D eigenvalue weighted by Gasteiger charge is 2.12. The van der Waals surface area contributed by atoms with Crippen molar-refractivity contribution in [3.8, 4) is 0 Å². The summed E-state index contributed by atoms with van der Waals surface area (Å²) in [7, 11) is 12.5. The van der Waals surface area contributed by atoms with E-state index in [0.717, 1.165) is 31.5 Å². The minimum atomic E-state index is 0. The molecule has 216 valence electrons. The third-order valence-electron chi connectivity index (χ3n) is 2.36. The van der Waals surface area contributed by atoms with E-state index in [0.29, 0.717) is 0 Å². The van der Waals surface area contributed by atoms with Gasteiger partial charge in [-0.1, -0.05) is 101 Å². The first-order valence-corrected chi connectivity index (χ1v) is 13.3. The Labute approximate surface area is 216 Å². The number of nitrogens with one attached hydrogen (secondary N) is 3. The van der Waals surface area contributed by atoms with Gasteiger partial charge in [-0.15, -0.1) is 0 Å². The van der Waals surface area contributed by atoms with Crippen LogP contribution in [0.5, 0.6) is 0 Å². The quantitative estimate of drug-likeness (QED) is 0.378. The van der Waals surface area contributed by atoms with E-state index in [1.165, 1.54) is 32.1 Å². The first-order chi connectivity index (χ1) is 15.5. The summed E-state index contributed by atoms with van der Waals surface area (Å²) in [6, 6.07) is 0. The molecule has 0 aromatic heterocycles. The minimum Gasteiger partial charge on any atom is -0.388 e. The van der Waals surface area contributed by atoms with Crippen LogP contribution in [0.3, 0.4) is 0 Å². The molecule has 1 fully saturated rings. The van der Waals surface area contributed by atoms with Crippen molar-refractivity contribution >= 4 is 0 Å². The van der Waals surface area contributed by atoms with Gasteiger partial charge in [0.1, 0.15) is 0 Å². The van der Waals surface area contributed by atoms with E-state index in [1.54, 1.807) is 21.3 Å². The fourth-order valence-corrected chi connectivity index (χ4v) is 0.167. The van der Waals surface area contributed by atoms with Crippen molar-refractivity contribution in [2.75, 3.05) is 69.2 Å². The standard InChI is InChI=1S/C4H8.2C4H10.2C3H9N.C3H8O.C3H8.C2H7N.C2H6O.H2/c1-4-2-3-4;1-4(2)3;4*1-3-4-2;3*1-3-2;/h4H,2-3H2,1H3;4H,1-3H3;3-4H2,1-2H3;2*4H,3H2,1-2H3;3H2,1-2H3;3H2,1-2H3;3H,1-2H3;1-2H3;1H. The first-order valence-electron chi connectivity index (χ1n) is 13.3. The van der Waals surface area contributed by atoms with Crippen molar-refractivity contribution in [3.05, 3.63) is 0 Å². The lowest BCUT2D eigenvalue weighted by atomic mass is 10.3. The second-order valence-corrected chi connectivity index (χ2v) is 8.02. The molecule has 1 saturated carbocycles. The molecule has 0 bridgehead atoms. The van der Waals surface area contributed by atoms with Crippen molar-refractivity contribution in [1.82, 2.24) is 16.0 Å². The van der Waals surface area contributed by atoms with Gasteiger partial charge in [-0.25, -0.2) is 0 Å². The zero-order valence-corrected chi connectivity index (χ0v) is 27.1. The molecule has 1 rings (SSSR count). The predicted octanol–water partition coefficient (Wildman–Crippen LogP) is 7.75. The second kappa shape index (κ2) is 85.4. The Morgan fingerprint density at radius 1 is 0.727 bits per heavy atom. The van der Waals surface area contributed by atoms with Crippen LogP contribution in [0.25, 0.3) is 0 Å². The smallest absolute Gasteiger partial charge is 0.0433 e. The molecule has 0 amide bonds. The highest BCUT2D eigenvalue weighted by atomic mass is 16.5. The number of hydrogen-bond acceptors (Lipinski definition) is 5. The van der Waals surface area contributed by atoms with E-state index < -0.39 is 0 Å². The van der Waals surface area contributed by atoms with E-state index in [9.17, 15) is 0 Å². The third-order valence-corrected chi connectivity index (χ3v) is 2.36. The van der Waals surface area contributed by atoms with Gasteiger partial charge >= 0.3 is 0 Å². The minimum absolute atomic E-state index is 0. The molecule has 33 heavy (non-hydrogen) atoms. The molecule has 3 N–H and O–H groups in total. The van der Waals surface area contributed by atoms with Crippen molar-refractivity contribution in [2.45, 2.75) is 108 Å². The maximum absolute atomic E-state index is 4.54. The Kier molecular flexibility index (Phi) is 139. The summed E-state index contributed by atoms with van der Waals surface area (Å²) < 4.78 is 8.79. The monoisotopic (exact) mass is 488 g/mol. The molecular formula is C28H77N3O2. The van der Waals surface area contributed by atoms with Crippen LogP contribution in [0.4, 0.5) is 0 Å².